The number of hydrogen-bond acceptors (Lipinski definition) is 3. The number of rotatable bonds is 4. The average molecular weight is 329 g/mol. The summed E-state index contributed by atoms with van der Waals surface area (Å²) in [5.74, 6) is 0.905. The van der Waals surface area contributed by atoms with E-state index in [1.807, 2.05) is 31.5 Å². The maximum atomic E-state index is 11.6. The van der Waals surface area contributed by atoms with Crippen LogP contribution in [0.2, 0.25) is 0 Å². The molecular weight excluding hydrogens is 310 g/mol. The average Bonchev–Trinajstić information content (AvgIpc) is 2.99. The van der Waals surface area contributed by atoms with Gasteiger partial charge in [-0.2, -0.15) is 0 Å². The lowest BCUT2D eigenvalue weighted by Gasteiger charge is -2.09. The summed E-state index contributed by atoms with van der Waals surface area (Å²) in [6.45, 7) is 2.05. The van der Waals surface area contributed by atoms with Gasteiger partial charge in [0.15, 0.2) is 0 Å². The van der Waals surface area contributed by atoms with E-state index >= 15 is 0 Å². The Morgan fingerprint density at radius 1 is 1.04 bits per heavy atom. The number of hydrogen-bond donors (Lipinski definition) is 1. The fraction of sp³-hybridized carbons (Fsp3) is 0.190. The summed E-state index contributed by atoms with van der Waals surface area (Å²) in [7, 11) is 0. The quantitative estimate of drug-likeness (QED) is 0.793. The van der Waals surface area contributed by atoms with Crippen LogP contribution in [0, 0.1) is 6.92 Å². The molecule has 3 aromatic rings. The molecule has 0 atom stereocenters. The van der Waals surface area contributed by atoms with E-state index in [0.29, 0.717) is 6.42 Å². The van der Waals surface area contributed by atoms with E-state index in [4.69, 9.17) is 0 Å². The molecule has 1 aromatic heterocycles. The van der Waals surface area contributed by atoms with Gasteiger partial charge in [-0.25, -0.2) is 9.97 Å². The van der Waals surface area contributed by atoms with Gasteiger partial charge in [0.25, 0.3) is 0 Å². The van der Waals surface area contributed by atoms with Crippen molar-refractivity contribution in [2.45, 2.75) is 26.2 Å². The van der Waals surface area contributed by atoms with E-state index < -0.39 is 0 Å². The molecule has 0 radical (unpaired) electrons. The van der Waals surface area contributed by atoms with Crippen molar-refractivity contribution < 1.29 is 4.79 Å². The molecule has 1 aliphatic rings. The normalized spacial score (nSPS) is 12.8. The van der Waals surface area contributed by atoms with Crippen molar-refractivity contribution in [3.05, 3.63) is 77.4 Å². The van der Waals surface area contributed by atoms with Gasteiger partial charge in [-0.15, -0.1) is 0 Å². The third kappa shape index (κ3) is 3.29. The SMILES string of the molecule is Cc1cc2c(cc1-c1cnc(CCc3ccccc3)nc1)CC(=O)N2. The Hall–Kier alpha value is -3.01. The van der Waals surface area contributed by atoms with Crippen molar-refractivity contribution in [1.29, 1.82) is 0 Å². The standard InChI is InChI=1S/C21H19N3O/c1-14-9-19-16(11-21(25)24-19)10-18(14)17-12-22-20(23-13-17)8-7-15-5-3-2-4-6-15/h2-6,9-10,12-13H,7-8,11H2,1H3,(H,24,25). The Labute approximate surface area is 147 Å². The zero-order chi connectivity index (χ0) is 17.2. The lowest BCUT2D eigenvalue weighted by Crippen LogP contribution is -2.03. The van der Waals surface area contributed by atoms with Crippen molar-refractivity contribution in [3.8, 4) is 11.1 Å². The summed E-state index contributed by atoms with van der Waals surface area (Å²) in [6.07, 6.45) is 5.97. The van der Waals surface area contributed by atoms with Crippen molar-refractivity contribution in [2.24, 2.45) is 0 Å². The second kappa shape index (κ2) is 6.48. The number of nitrogens with one attached hydrogen (secondary N) is 1. The van der Waals surface area contributed by atoms with E-state index in [-0.39, 0.29) is 5.91 Å². The number of aromatic nitrogens is 2. The van der Waals surface area contributed by atoms with Crippen LogP contribution in [0.15, 0.2) is 54.9 Å². The van der Waals surface area contributed by atoms with Gasteiger partial charge in [0.1, 0.15) is 5.82 Å². The van der Waals surface area contributed by atoms with E-state index in [0.717, 1.165) is 46.6 Å². The van der Waals surface area contributed by atoms with Crippen LogP contribution in [0.3, 0.4) is 0 Å². The number of nitrogens with zero attached hydrogens (tertiary/aromatic N) is 2. The topological polar surface area (TPSA) is 54.9 Å². The highest BCUT2D eigenvalue weighted by atomic mass is 16.1. The van der Waals surface area contributed by atoms with Gasteiger partial charge < -0.3 is 5.32 Å². The molecule has 0 saturated heterocycles. The maximum absolute atomic E-state index is 11.6. The van der Waals surface area contributed by atoms with E-state index in [1.165, 1.54) is 5.56 Å². The van der Waals surface area contributed by atoms with Crippen LogP contribution in [-0.4, -0.2) is 15.9 Å². The minimum absolute atomic E-state index is 0.0547. The number of aryl methyl sites for hydroxylation is 3. The molecule has 2 aromatic carbocycles. The first-order valence-electron chi connectivity index (χ1n) is 8.47. The molecule has 25 heavy (non-hydrogen) atoms. The Morgan fingerprint density at radius 2 is 1.80 bits per heavy atom. The molecule has 0 spiro atoms. The third-order valence-corrected chi connectivity index (χ3v) is 4.57. The zero-order valence-electron chi connectivity index (χ0n) is 14.1. The van der Waals surface area contributed by atoms with E-state index in [1.54, 1.807) is 0 Å². The van der Waals surface area contributed by atoms with Crippen LogP contribution in [0.25, 0.3) is 11.1 Å². The Bertz CT molecular complexity index is 918. The van der Waals surface area contributed by atoms with Crippen LogP contribution in [0.4, 0.5) is 5.69 Å². The highest BCUT2D eigenvalue weighted by Gasteiger charge is 2.19. The molecule has 1 amide bonds. The highest BCUT2D eigenvalue weighted by Crippen LogP contribution is 2.31. The molecule has 4 rings (SSSR count). The van der Waals surface area contributed by atoms with Crippen molar-refractivity contribution in [1.82, 2.24) is 9.97 Å². The fourth-order valence-corrected chi connectivity index (χ4v) is 3.22. The van der Waals surface area contributed by atoms with Crippen LogP contribution >= 0.6 is 0 Å². The molecule has 1 aliphatic heterocycles. The lowest BCUT2D eigenvalue weighted by atomic mass is 9.98. The van der Waals surface area contributed by atoms with Gasteiger partial charge in [0.05, 0.1) is 6.42 Å². The Morgan fingerprint density at radius 3 is 2.56 bits per heavy atom. The first-order chi connectivity index (χ1) is 12.2. The Balaban J connectivity index is 1.53. The zero-order valence-corrected chi connectivity index (χ0v) is 14.1. The number of carbonyl (C=O) groups is 1. The van der Waals surface area contributed by atoms with Crippen molar-refractivity contribution in [2.75, 3.05) is 5.32 Å². The number of carbonyl (C=O) groups excluding carboxylic acids is 1. The number of amides is 1. The van der Waals surface area contributed by atoms with Gasteiger partial charge in [-0.05, 0) is 47.7 Å². The lowest BCUT2D eigenvalue weighted by molar-refractivity contribution is -0.115. The third-order valence-electron chi connectivity index (χ3n) is 4.57. The van der Waals surface area contributed by atoms with Gasteiger partial charge in [0.2, 0.25) is 5.91 Å². The van der Waals surface area contributed by atoms with Crippen molar-refractivity contribution >= 4 is 11.6 Å². The molecule has 4 heteroatoms. The molecule has 1 N–H and O–H groups in total. The molecular formula is C21H19N3O. The summed E-state index contributed by atoms with van der Waals surface area (Å²) in [5.41, 5.74) is 6.45. The number of fused-ring (bicyclic) bond motifs is 1. The molecule has 124 valence electrons. The molecule has 4 nitrogen and oxygen atoms in total. The van der Waals surface area contributed by atoms with E-state index in [2.05, 4.69) is 45.6 Å². The smallest absolute Gasteiger partial charge is 0.228 e. The summed E-state index contributed by atoms with van der Waals surface area (Å²) in [6, 6.07) is 14.5. The first-order valence-corrected chi connectivity index (χ1v) is 8.47. The predicted molar refractivity (Wildman–Crippen MR) is 98.4 cm³/mol. The highest BCUT2D eigenvalue weighted by molar-refractivity contribution is 6.00. The number of anilines is 1. The van der Waals surface area contributed by atoms with Gasteiger partial charge in [0, 0.05) is 30.1 Å². The van der Waals surface area contributed by atoms with E-state index in [9.17, 15) is 4.79 Å². The van der Waals surface area contributed by atoms with Crippen molar-refractivity contribution in [3.63, 3.8) is 0 Å². The molecule has 0 bridgehead atoms. The first kappa shape index (κ1) is 15.5. The van der Waals surface area contributed by atoms with Crippen LogP contribution in [0.1, 0.15) is 22.5 Å². The Kier molecular flexibility index (Phi) is 4.02. The van der Waals surface area contributed by atoms with Crippen LogP contribution in [0.5, 0.6) is 0 Å². The van der Waals surface area contributed by atoms with Gasteiger partial charge >= 0.3 is 0 Å². The molecule has 2 heterocycles. The minimum atomic E-state index is 0.0547. The molecule has 0 unspecified atom stereocenters. The molecule has 0 saturated carbocycles. The molecule has 0 fully saturated rings. The number of benzene rings is 2. The molecule has 0 aliphatic carbocycles. The van der Waals surface area contributed by atoms with Gasteiger partial charge in [-0.1, -0.05) is 30.3 Å². The minimum Gasteiger partial charge on any atom is -0.326 e. The summed E-state index contributed by atoms with van der Waals surface area (Å²) < 4.78 is 0. The van der Waals surface area contributed by atoms with Gasteiger partial charge in [-0.3, -0.25) is 4.79 Å². The monoisotopic (exact) mass is 329 g/mol. The maximum Gasteiger partial charge on any atom is 0.228 e. The second-order valence-corrected chi connectivity index (χ2v) is 6.42. The largest absolute Gasteiger partial charge is 0.326 e. The summed E-state index contributed by atoms with van der Waals surface area (Å²) >= 11 is 0. The second-order valence-electron chi connectivity index (χ2n) is 6.42. The van der Waals surface area contributed by atoms with Crippen LogP contribution in [-0.2, 0) is 24.1 Å². The predicted octanol–water partition coefficient (Wildman–Crippen LogP) is 3.73. The summed E-state index contributed by atoms with van der Waals surface area (Å²) in [5, 5.41) is 2.89. The van der Waals surface area contributed by atoms with Crippen LogP contribution < -0.4 is 5.32 Å². The fourth-order valence-electron chi connectivity index (χ4n) is 3.22. The summed E-state index contributed by atoms with van der Waals surface area (Å²) in [4.78, 5) is 20.6.